The molecule has 0 saturated heterocycles. The summed E-state index contributed by atoms with van der Waals surface area (Å²) in [7, 11) is 0. The summed E-state index contributed by atoms with van der Waals surface area (Å²) < 4.78 is 10.8. The molecular formula is C16H17NO3. The lowest BCUT2D eigenvalue weighted by Gasteiger charge is -2.28. The van der Waals surface area contributed by atoms with E-state index in [0.29, 0.717) is 24.5 Å². The van der Waals surface area contributed by atoms with Crippen LogP contribution in [0.3, 0.4) is 0 Å². The van der Waals surface area contributed by atoms with Crippen molar-refractivity contribution in [3.8, 4) is 0 Å². The average Bonchev–Trinajstić information content (AvgIpc) is 3.14. The number of furan rings is 2. The van der Waals surface area contributed by atoms with Crippen molar-refractivity contribution in [2.75, 3.05) is 0 Å². The van der Waals surface area contributed by atoms with Gasteiger partial charge < -0.3 is 13.7 Å². The van der Waals surface area contributed by atoms with Crippen molar-refractivity contribution >= 4 is 5.91 Å². The molecular weight excluding hydrogens is 254 g/mol. The first-order valence-electron chi connectivity index (χ1n) is 6.36. The minimum absolute atomic E-state index is 0.176. The van der Waals surface area contributed by atoms with Crippen LogP contribution in [0, 0.1) is 0 Å². The zero-order valence-electron chi connectivity index (χ0n) is 11.2. The van der Waals surface area contributed by atoms with Crippen LogP contribution < -0.4 is 0 Å². The van der Waals surface area contributed by atoms with E-state index in [1.807, 2.05) is 12.1 Å². The normalized spacial score (nSPS) is 11.8. The maximum atomic E-state index is 12.1. The molecule has 2 aromatic heterocycles. The number of carbonyl (C=O) groups is 1. The van der Waals surface area contributed by atoms with Crippen LogP contribution in [0.5, 0.6) is 0 Å². The standard InChI is InChI=1S/C16H17NO3/c1-3-7-14(15-9-6-11-20-15)17(16(18)4-2)12-13-8-5-10-19-13/h3-6,8-11,14H,1-2,7,12H2. The van der Waals surface area contributed by atoms with E-state index in [0.717, 1.165) is 0 Å². The van der Waals surface area contributed by atoms with Crippen molar-refractivity contribution in [1.82, 2.24) is 4.90 Å². The SMILES string of the molecule is C=CCC(c1ccco1)N(Cc1ccco1)C(=O)C=C. The predicted octanol–water partition coefficient (Wildman–Crippen LogP) is 3.70. The number of hydrogen-bond donors (Lipinski definition) is 0. The molecule has 0 N–H and O–H groups in total. The molecule has 104 valence electrons. The molecule has 1 atom stereocenters. The molecule has 2 heterocycles. The lowest BCUT2D eigenvalue weighted by molar-refractivity contribution is -0.129. The Hall–Kier alpha value is -2.49. The molecule has 20 heavy (non-hydrogen) atoms. The molecule has 4 heteroatoms. The van der Waals surface area contributed by atoms with Gasteiger partial charge in [0.1, 0.15) is 11.5 Å². The van der Waals surface area contributed by atoms with Gasteiger partial charge in [0.2, 0.25) is 5.91 Å². The van der Waals surface area contributed by atoms with Crippen LogP contribution in [-0.4, -0.2) is 10.8 Å². The molecule has 0 bridgehead atoms. The molecule has 0 aromatic carbocycles. The third kappa shape index (κ3) is 3.09. The molecule has 2 aromatic rings. The Labute approximate surface area is 118 Å². The highest BCUT2D eigenvalue weighted by atomic mass is 16.3. The molecule has 2 rings (SSSR count). The Morgan fingerprint density at radius 3 is 2.55 bits per heavy atom. The Balaban J connectivity index is 2.29. The largest absolute Gasteiger partial charge is 0.467 e. The molecule has 0 aliphatic rings. The van der Waals surface area contributed by atoms with Gasteiger partial charge in [-0.05, 0) is 36.8 Å². The van der Waals surface area contributed by atoms with Crippen molar-refractivity contribution < 1.29 is 13.6 Å². The fraction of sp³-hybridized carbons (Fsp3) is 0.188. The second kappa shape index (κ2) is 6.61. The van der Waals surface area contributed by atoms with Crippen LogP contribution in [0.4, 0.5) is 0 Å². The molecule has 1 amide bonds. The summed E-state index contributed by atoms with van der Waals surface area (Å²) in [5, 5.41) is 0. The first-order chi connectivity index (χ1) is 9.76. The number of nitrogens with zero attached hydrogens (tertiary/aromatic N) is 1. The van der Waals surface area contributed by atoms with Gasteiger partial charge in [0, 0.05) is 0 Å². The van der Waals surface area contributed by atoms with Gasteiger partial charge in [-0.15, -0.1) is 6.58 Å². The summed E-state index contributed by atoms with van der Waals surface area (Å²) in [6.45, 7) is 7.66. The van der Waals surface area contributed by atoms with E-state index in [2.05, 4.69) is 13.2 Å². The highest BCUT2D eigenvalue weighted by Crippen LogP contribution is 2.27. The topological polar surface area (TPSA) is 46.6 Å². The lowest BCUT2D eigenvalue weighted by atomic mass is 10.1. The fourth-order valence-corrected chi connectivity index (χ4v) is 2.07. The van der Waals surface area contributed by atoms with Crippen molar-refractivity contribution in [3.05, 3.63) is 73.6 Å². The van der Waals surface area contributed by atoms with E-state index in [4.69, 9.17) is 8.83 Å². The second-order valence-corrected chi connectivity index (χ2v) is 4.31. The summed E-state index contributed by atoms with van der Waals surface area (Å²) in [6, 6.07) is 7.05. The number of carbonyl (C=O) groups excluding carboxylic acids is 1. The summed E-state index contributed by atoms with van der Waals surface area (Å²) in [5.74, 6) is 1.25. The quantitative estimate of drug-likeness (QED) is 0.569. The van der Waals surface area contributed by atoms with Gasteiger partial charge in [0.15, 0.2) is 0 Å². The first-order valence-corrected chi connectivity index (χ1v) is 6.36. The Bertz CT molecular complexity index is 555. The third-order valence-electron chi connectivity index (χ3n) is 3.00. The van der Waals surface area contributed by atoms with Crippen LogP contribution in [0.2, 0.25) is 0 Å². The number of amides is 1. The summed E-state index contributed by atoms with van der Waals surface area (Å²) >= 11 is 0. The lowest BCUT2D eigenvalue weighted by Crippen LogP contribution is -2.32. The number of hydrogen-bond acceptors (Lipinski definition) is 3. The van der Waals surface area contributed by atoms with Crippen molar-refractivity contribution in [3.63, 3.8) is 0 Å². The zero-order valence-corrected chi connectivity index (χ0v) is 11.2. The summed E-state index contributed by atoms with van der Waals surface area (Å²) in [5.41, 5.74) is 0. The van der Waals surface area contributed by atoms with Crippen LogP contribution in [0.25, 0.3) is 0 Å². The van der Waals surface area contributed by atoms with Gasteiger partial charge in [0.25, 0.3) is 0 Å². The maximum Gasteiger partial charge on any atom is 0.247 e. The van der Waals surface area contributed by atoms with Crippen LogP contribution in [-0.2, 0) is 11.3 Å². The molecule has 0 aliphatic carbocycles. The monoisotopic (exact) mass is 271 g/mol. The average molecular weight is 271 g/mol. The first kappa shape index (κ1) is 13.9. The van der Waals surface area contributed by atoms with Crippen LogP contribution >= 0.6 is 0 Å². The van der Waals surface area contributed by atoms with Gasteiger partial charge in [0.05, 0.1) is 25.1 Å². The molecule has 4 nitrogen and oxygen atoms in total. The molecule has 0 saturated carbocycles. The van der Waals surface area contributed by atoms with Crippen LogP contribution in [0.1, 0.15) is 24.0 Å². The molecule has 1 unspecified atom stereocenters. The summed E-state index contributed by atoms with van der Waals surface area (Å²) in [6.07, 6.45) is 6.82. The van der Waals surface area contributed by atoms with E-state index < -0.39 is 0 Å². The van der Waals surface area contributed by atoms with Crippen molar-refractivity contribution in [2.24, 2.45) is 0 Å². The van der Waals surface area contributed by atoms with E-state index in [9.17, 15) is 4.79 Å². The van der Waals surface area contributed by atoms with E-state index >= 15 is 0 Å². The highest BCUT2D eigenvalue weighted by Gasteiger charge is 2.25. The van der Waals surface area contributed by atoms with Gasteiger partial charge in [-0.3, -0.25) is 4.79 Å². The van der Waals surface area contributed by atoms with E-state index in [-0.39, 0.29) is 11.9 Å². The van der Waals surface area contributed by atoms with Gasteiger partial charge >= 0.3 is 0 Å². The van der Waals surface area contributed by atoms with Gasteiger partial charge in [-0.1, -0.05) is 12.7 Å². The maximum absolute atomic E-state index is 12.1. The Morgan fingerprint density at radius 2 is 2.00 bits per heavy atom. The van der Waals surface area contributed by atoms with Gasteiger partial charge in [-0.25, -0.2) is 0 Å². The second-order valence-electron chi connectivity index (χ2n) is 4.31. The third-order valence-corrected chi connectivity index (χ3v) is 3.00. The molecule has 0 aliphatic heterocycles. The predicted molar refractivity (Wildman–Crippen MR) is 75.7 cm³/mol. The highest BCUT2D eigenvalue weighted by molar-refractivity contribution is 5.87. The molecule has 0 fully saturated rings. The smallest absolute Gasteiger partial charge is 0.247 e. The number of rotatable bonds is 7. The van der Waals surface area contributed by atoms with Crippen molar-refractivity contribution in [1.29, 1.82) is 0 Å². The van der Waals surface area contributed by atoms with Crippen molar-refractivity contribution in [2.45, 2.75) is 19.0 Å². The summed E-state index contributed by atoms with van der Waals surface area (Å²) in [4.78, 5) is 13.8. The minimum Gasteiger partial charge on any atom is -0.467 e. The fourth-order valence-electron chi connectivity index (χ4n) is 2.07. The van der Waals surface area contributed by atoms with E-state index in [1.165, 1.54) is 6.08 Å². The Kier molecular flexibility index (Phi) is 4.60. The zero-order chi connectivity index (χ0) is 14.4. The van der Waals surface area contributed by atoms with Crippen LogP contribution in [0.15, 0.2) is 70.9 Å². The minimum atomic E-state index is -0.224. The Morgan fingerprint density at radius 1 is 1.25 bits per heavy atom. The van der Waals surface area contributed by atoms with E-state index in [1.54, 1.807) is 35.6 Å². The molecule has 0 radical (unpaired) electrons. The van der Waals surface area contributed by atoms with Gasteiger partial charge in [-0.2, -0.15) is 0 Å². The molecule has 0 spiro atoms.